The molecule has 0 aliphatic heterocycles. The summed E-state index contributed by atoms with van der Waals surface area (Å²) in [6, 6.07) is 6.50. The molecule has 0 saturated heterocycles. The van der Waals surface area contributed by atoms with E-state index in [1.165, 1.54) is 0 Å². The average molecular weight is 305 g/mol. The van der Waals surface area contributed by atoms with Crippen LogP contribution in [0, 0.1) is 0 Å². The molecule has 0 saturated carbocycles. The Kier molecular flexibility index (Phi) is 7.30. The highest BCUT2D eigenvalue weighted by molar-refractivity contribution is 6.67. The van der Waals surface area contributed by atoms with Crippen molar-refractivity contribution in [1.29, 1.82) is 0 Å². The number of esters is 1. The van der Waals surface area contributed by atoms with Gasteiger partial charge in [0, 0.05) is 17.9 Å². The Morgan fingerprint density at radius 1 is 1.11 bits per heavy atom. The summed E-state index contributed by atoms with van der Waals surface area (Å²) in [4.78, 5) is 21.8. The number of hydrogen-bond donors (Lipinski definition) is 0. The van der Waals surface area contributed by atoms with Crippen molar-refractivity contribution in [3.63, 3.8) is 0 Å². The smallest absolute Gasteiger partial charge is 0.306 e. The number of benzene rings is 1. The fourth-order valence-corrected chi connectivity index (χ4v) is 1.55. The van der Waals surface area contributed by atoms with E-state index in [9.17, 15) is 9.59 Å². The van der Waals surface area contributed by atoms with E-state index in [2.05, 4.69) is 0 Å². The van der Waals surface area contributed by atoms with Gasteiger partial charge < -0.3 is 9.47 Å². The van der Waals surface area contributed by atoms with Crippen LogP contribution in [-0.4, -0.2) is 30.3 Å². The van der Waals surface area contributed by atoms with E-state index in [0.29, 0.717) is 30.9 Å². The van der Waals surface area contributed by atoms with E-state index in [0.717, 1.165) is 0 Å². The van der Waals surface area contributed by atoms with Crippen molar-refractivity contribution in [2.45, 2.75) is 12.8 Å². The number of ether oxygens (including phenoxy) is 2. The Labute approximate surface area is 121 Å². The first-order chi connectivity index (χ1) is 9.13. The van der Waals surface area contributed by atoms with Gasteiger partial charge in [-0.05, 0) is 35.9 Å². The summed E-state index contributed by atoms with van der Waals surface area (Å²) in [5.74, 6) is 0.592. The van der Waals surface area contributed by atoms with Gasteiger partial charge in [0.2, 0.25) is 0 Å². The van der Waals surface area contributed by atoms with Crippen molar-refractivity contribution in [3.8, 4) is 5.75 Å². The molecular formula is C13H14Cl2O4. The summed E-state index contributed by atoms with van der Waals surface area (Å²) in [7, 11) is 0. The van der Waals surface area contributed by atoms with E-state index in [4.69, 9.17) is 32.7 Å². The van der Waals surface area contributed by atoms with Crippen LogP contribution in [0.3, 0.4) is 0 Å². The van der Waals surface area contributed by atoms with E-state index in [1.807, 2.05) is 0 Å². The molecule has 0 atom stereocenters. The molecule has 1 aromatic carbocycles. The minimum Gasteiger partial charge on any atom is -0.493 e. The van der Waals surface area contributed by atoms with Crippen LogP contribution in [0.25, 0.3) is 0 Å². The SMILES string of the molecule is O=C(CCCl)OCCCOc1ccc(C(=O)Cl)cc1. The highest BCUT2D eigenvalue weighted by Gasteiger charge is 2.02. The van der Waals surface area contributed by atoms with Gasteiger partial charge in [-0.15, -0.1) is 11.6 Å². The fraction of sp³-hybridized carbons (Fsp3) is 0.385. The first-order valence-corrected chi connectivity index (χ1v) is 6.69. The summed E-state index contributed by atoms with van der Waals surface area (Å²) in [5, 5.41) is -0.502. The monoisotopic (exact) mass is 304 g/mol. The highest BCUT2D eigenvalue weighted by atomic mass is 35.5. The number of halogens is 2. The molecule has 0 bridgehead atoms. The van der Waals surface area contributed by atoms with E-state index in [1.54, 1.807) is 24.3 Å². The molecule has 0 aromatic heterocycles. The summed E-state index contributed by atoms with van der Waals surface area (Å²) in [6.07, 6.45) is 0.806. The molecule has 1 aromatic rings. The Balaban J connectivity index is 2.19. The molecule has 1 rings (SSSR count). The van der Waals surface area contributed by atoms with Crippen molar-refractivity contribution in [2.75, 3.05) is 19.1 Å². The summed E-state index contributed by atoms with van der Waals surface area (Å²) in [6.45, 7) is 0.719. The molecule has 6 heteroatoms. The predicted octanol–water partition coefficient (Wildman–Crippen LogP) is 3.01. The molecule has 0 aliphatic rings. The normalized spacial score (nSPS) is 10.0. The molecule has 0 aliphatic carbocycles. The van der Waals surface area contributed by atoms with Gasteiger partial charge in [-0.1, -0.05) is 0 Å². The van der Waals surface area contributed by atoms with Crippen LogP contribution in [0.4, 0.5) is 0 Å². The van der Waals surface area contributed by atoms with Crippen LogP contribution in [-0.2, 0) is 9.53 Å². The van der Waals surface area contributed by atoms with Gasteiger partial charge in [0.25, 0.3) is 5.24 Å². The summed E-state index contributed by atoms with van der Waals surface area (Å²) in [5.41, 5.74) is 0.420. The first-order valence-electron chi connectivity index (χ1n) is 5.78. The van der Waals surface area contributed by atoms with Crippen molar-refractivity contribution in [1.82, 2.24) is 0 Å². The minimum absolute atomic E-state index is 0.219. The second-order valence-electron chi connectivity index (χ2n) is 3.66. The highest BCUT2D eigenvalue weighted by Crippen LogP contribution is 2.13. The molecule has 0 fully saturated rings. The van der Waals surface area contributed by atoms with Crippen LogP contribution >= 0.6 is 23.2 Å². The fourth-order valence-electron chi connectivity index (χ4n) is 1.27. The number of hydrogen-bond acceptors (Lipinski definition) is 4. The molecule has 0 N–H and O–H groups in total. The van der Waals surface area contributed by atoms with Crippen LogP contribution in [0.15, 0.2) is 24.3 Å². The third kappa shape index (κ3) is 6.45. The zero-order valence-corrected chi connectivity index (χ0v) is 11.7. The number of alkyl halides is 1. The maximum absolute atomic E-state index is 11.0. The first kappa shape index (κ1) is 15.8. The standard InChI is InChI=1S/C13H14Cl2O4/c14-7-6-12(16)19-9-1-8-18-11-4-2-10(3-5-11)13(15)17/h2-5H,1,6-9H2. The maximum atomic E-state index is 11.0. The lowest BCUT2D eigenvalue weighted by atomic mass is 10.2. The van der Waals surface area contributed by atoms with Crippen molar-refractivity contribution >= 4 is 34.4 Å². The molecule has 0 unspecified atom stereocenters. The molecule has 0 heterocycles. The molecule has 0 amide bonds. The number of carbonyl (C=O) groups excluding carboxylic acids is 2. The van der Waals surface area contributed by atoms with Gasteiger partial charge in [0.1, 0.15) is 5.75 Å². The van der Waals surface area contributed by atoms with E-state index >= 15 is 0 Å². The Bertz CT molecular complexity index is 417. The number of carbonyl (C=O) groups is 2. The van der Waals surface area contributed by atoms with Crippen LogP contribution in [0.5, 0.6) is 5.75 Å². The molecular weight excluding hydrogens is 291 g/mol. The zero-order valence-electron chi connectivity index (χ0n) is 10.2. The van der Waals surface area contributed by atoms with Gasteiger partial charge in [0.15, 0.2) is 0 Å². The lowest BCUT2D eigenvalue weighted by Gasteiger charge is -2.07. The molecule has 0 spiro atoms. The largest absolute Gasteiger partial charge is 0.493 e. The third-order valence-electron chi connectivity index (χ3n) is 2.20. The third-order valence-corrected chi connectivity index (χ3v) is 2.61. The van der Waals surface area contributed by atoms with Crippen LogP contribution in [0.2, 0.25) is 0 Å². The Morgan fingerprint density at radius 3 is 2.37 bits per heavy atom. The Morgan fingerprint density at radius 2 is 1.79 bits per heavy atom. The summed E-state index contributed by atoms with van der Waals surface area (Å²) >= 11 is 10.7. The topological polar surface area (TPSA) is 52.6 Å². The Hall–Kier alpha value is -1.26. The van der Waals surface area contributed by atoms with Gasteiger partial charge in [-0.2, -0.15) is 0 Å². The van der Waals surface area contributed by atoms with E-state index in [-0.39, 0.29) is 18.3 Å². The minimum atomic E-state index is -0.502. The van der Waals surface area contributed by atoms with Crippen molar-refractivity contribution in [3.05, 3.63) is 29.8 Å². The lowest BCUT2D eigenvalue weighted by Crippen LogP contribution is -2.09. The molecule has 104 valence electrons. The quantitative estimate of drug-likeness (QED) is 0.321. The molecule has 19 heavy (non-hydrogen) atoms. The zero-order chi connectivity index (χ0) is 14.1. The maximum Gasteiger partial charge on any atom is 0.306 e. The number of rotatable bonds is 8. The van der Waals surface area contributed by atoms with Gasteiger partial charge >= 0.3 is 5.97 Å². The van der Waals surface area contributed by atoms with Crippen LogP contribution in [0.1, 0.15) is 23.2 Å². The van der Waals surface area contributed by atoms with Gasteiger partial charge in [-0.25, -0.2) is 0 Å². The molecule has 4 nitrogen and oxygen atoms in total. The molecule has 0 radical (unpaired) electrons. The predicted molar refractivity (Wildman–Crippen MR) is 73.0 cm³/mol. The van der Waals surface area contributed by atoms with Crippen molar-refractivity contribution < 1.29 is 19.1 Å². The van der Waals surface area contributed by atoms with Gasteiger partial charge in [-0.3, -0.25) is 9.59 Å². The van der Waals surface area contributed by atoms with Crippen LogP contribution < -0.4 is 4.74 Å². The lowest BCUT2D eigenvalue weighted by molar-refractivity contribution is -0.143. The average Bonchev–Trinajstić information content (AvgIpc) is 2.39. The summed E-state index contributed by atoms with van der Waals surface area (Å²) < 4.78 is 10.3. The van der Waals surface area contributed by atoms with E-state index < -0.39 is 5.24 Å². The van der Waals surface area contributed by atoms with Crippen molar-refractivity contribution in [2.24, 2.45) is 0 Å². The second-order valence-corrected chi connectivity index (χ2v) is 4.38. The van der Waals surface area contributed by atoms with Gasteiger partial charge in [0.05, 0.1) is 19.6 Å². The second kappa shape index (κ2) is 8.77.